The molecule has 1 amide bonds. The molecule has 1 N–H and O–H groups in total. The van der Waals surface area contributed by atoms with Gasteiger partial charge in [-0.3, -0.25) is 0 Å². The number of thiazole rings is 1. The molecule has 1 atom stereocenters. The molecule has 0 radical (unpaired) electrons. The predicted molar refractivity (Wildman–Crippen MR) is 133 cm³/mol. The van der Waals surface area contributed by atoms with Crippen molar-refractivity contribution in [2.45, 2.75) is 32.5 Å². The van der Waals surface area contributed by atoms with Crippen LogP contribution in [0.25, 0.3) is 31.8 Å². The van der Waals surface area contributed by atoms with Crippen molar-refractivity contribution in [2.24, 2.45) is 0 Å². The minimum absolute atomic E-state index is 0.0140. The summed E-state index contributed by atoms with van der Waals surface area (Å²) in [6.07, 6.45) is 2.56. The number of rotatable bonds is 9. The summed E-state index contributed by atoms with van der Waals surface area (Å²) in [7, 11) is 0. The van der Waals surface area contributed by atoms with Gasteiger partial charge in [0.2, 0.25) is 5.88 Å². The van der Waals surface area contributed by atoms with Crippen molar-refractivity contribution in [1.29, 1.82) is 0 Å². The number of alkyl halides is 2. The molecule has 0 aliphatic carbocycles. The minimum Gasteiger partial charge on any atom is -0.492 e. The summed E-state index contributed by atoms with van der Waals surface area (Å²) >= 11 is 1.45. The van der Waals surface area contributed by atoms with Gasteiger partial charge in [-0.05, 0) is 55.7 Å². The number of aryl methyl sites for hydroxylation is 1. The number of ether oxygens (including phenoxy) is 4. The van der Waals surface area contributed by atoms with Crippen LogP contribution in [-0.2, 0) is 9.47 Å². The monoisotopic (exact) mass is 530 g/mol. The molecule has 1 unspecified atom stereocenters. The molecule has 1 fully saturated rings. The molecular formula is C25H24F2N4O5S. The third kappa shape index (κ3) is 6.20. The van der Waals surface area contributed by atoms with Crippen LogP contribution in [0.4, 0.5) is 13.6 Å². The van der Waals surface area contributed by atoms with Crippen LogP contribution in [0, 0.1) is 6.92 Å². The van der Waals surface area contributed by atoms with Crippen LogP contribution in [0.2, 0.25) is 0 Å². The number of alkyl carbamates (subject to hydrolysis) is 1. The molecular weight excluding hydrogens is 506 g/mol. The van der Waals surface area contributed by atoms with Crippen LogP contribution in [0.15, 0.2) is 36.5 Å². The molecule has 194 valence electrons. The van der Waals surface area contributed by atoms with E-state index >= 15 is 0 Å². The lowest BCUT2D eigenvalue weighted by Crippen LogP contribution is -2.31. The smallest absolute Gasteiger partial charge is 0.407 e. The lowest BCUT2D eigenvalue weighted by molar-refractivity contribution is -0.0528. The SMILES string of the molecule is Cc1cc(-c2nc3ccc(OCCNC(=O)OCC4CCCO4)cc3s2)c2ncc(OC(F)F)nc2c1. The first kappa shape index (κ1) is 25.0. The first-order valence-corrected chi connectivity index (χ1v) is 12.5. The number of benzene rings is 2. The zero-order valence-electron chi connectivity index (χ0n) is 19.9. The molecule has 2 aromatic heterocycles. The second kappa shape index (κ2) is 11.2. The Labute approximate surface area is 214 Å². The molecule has 12 heteroatoms. The van der Waals surface area contributed by atoms with Gasteiger partial charge in [0.25, 0.3) is 0 Å². The standard InChI is InChI=1S/C25H24F2N4O5S/c1-14-9-17(22-19(10-14)30-21(12-29-22)36-24(26)27)23-31-18-5-4-15(11-20(18)37-23)34-8-6-28-25(32)35-13-16-3-2-7-33-16/h4-5,9-12,16,24H,2-3,6-8,13H2,1H3,(H,28,32). The van der Waals surface area contributed by atoms with Crippen LogP contribution >= 0.6 is 11.3 Å². The van der Waals surface area contributed by atoms with E-state index in [1.54, 1.807) is 6.07 Å². The highest BCUT2D eigenvalue weighted by molar-refractivity contribution is 7.21. The summed E-state index contributed by atoms with van der Waals surface area (Å²) in [5.41, 5.74) is 3.40. The molecule has 4 aromatic rings. The normalized spacial score (nSPS) is 15.4. The van der Waals surface area contributed by atoms with Gasteiger partial charge in [-0.25, -0.2) is 19.7 Å². The molecule has 0 bridgehead atoms. The van der Waals surface area contributed by atoms with Gasteiger partial charge >= 0.3 is 12.7 Å². The van der Waals surface area contributed by atoms with Crippen LogP contribution in [-0.4, -0.2) is 60.1 Å². The molecule has 1 saturated heterocycles. The van der Waals surface area contributed by atoms with Crippen molar-refractivity contribution in [3.63, 3.8) is 0 Å². The maximum absolute atomic E-state index is 12.6. The summed E-state index contributed by atoms with van der Waals surface area (Å²) in [6.45, 7) is 0.442. The number of carbonyl (C=O) groups is 1. The van der Waals surface area contributed by atoms with Crippen LogP contribution in [0.3, 0.4) is 0 Å². The van der Waals surface area contributed by atoms with E-state index in [0.29, 0.717) is 34.9 Å². The number of nitrogens with one attached hydrogen (secondary N) is 1. The van der Waals surface area contributed by atoms with E-state index in [2.05, 4.69) is 20.0 Å². The van der Waals surface area contributed by atoms with Crippen molar-refractivity contribution in [2.75, 3.05) is 26.4 Å². The lowest BCUT2D eigenvalue weighted by Gasteiger charge is -2.11. The summed E-state index contributed by atoms with van der Waals surface area (Å²) in [4.78, 5) is 25.0. The number of hydrogen-bond donors (Lipinski definition) is 1. The summed E-state index contributed by atoms with van der Waals surface area (Å²) in [6, 6.07) is 9.24. The number of fused-ring (bicyclic) bond motifs is 2. The summed E-state index contributed by atoms with van der Waals surface area (Å²) in [5, 5.41) is 3.38. The predicted octanol–water partition coefficient (Wildman–Crippen LogP) is 5.10. The maximum atomic E-state index is 12.6. The van der Waals surface area contributed by atoms with Gasteiger partial charge in [0.05, 0.1) is 40.1 Å². The van der Waals surface area contributed by atoms with Crippen LogP contribution in [0.1, 0.15) is 18.4 Å². The van der Waals surface area contributed by atoms with E-state index in [1.165, 1.54) is 17.5 Å². The van der Waals surface area contributed by atoms with Gasteiger partial charge in [0.1, 0.15) is 24.0 Å². The molecule has 1 aliphatic heterocycles. The Balaban J connectivity index is 1.24. The van der Waals surface area contributed by atoms with E-state index in [-0.39, 0.29) is 25.2 Å². The molecule has 0 saturated carbocycles. The first-order valence-electron chi connectivity index (χ1n) is 11.7. The average molecular weight is 531 g/mol. The Morgan fingerprint density at radius 3 is 2.95 bits per heavy atom. The molecule has 0 spiro atoms. The number of nitrogens with zero attached hydrogens (tertiary/aromatic N) is 3. The molecule has 2 aromatic carbocycles. The Bertz CT molecular complexity index is 1410. The van der Waals surface area contributed by atoms with Gasteiger partial charge in [0, 0.05) is 12.2 Å². The van der Waals surface area contributed by atoms with Crippen molar-refractivity contribution in [1.82, 2.24) is 20.3 Å². The second-order valence-corrected chi connectivity index (χ2v) is 9.45. The van der Waals surface area contributed by atoms with Crippen molar-refractivity contribution in [3.05, 3.63) is 42.1 Å². The average Bonchev–Trinajstić information content (AvgIpc) is 3.54. The Kier molecular flexibility index (Phi) is 7.56. The van der Waals surface area contributed by atoms with Crippen molar-refractivity contribution >= 4 is 38.7 Å². The molecule has 3 heterocycles. The topological polar surface area (TPSA) is 105 Å². The van der Waals surface area contributed by atoms with Gasteiger partial charge < -0.3 is 24.3 Å². The molecule has 9 nitrogen and oxygen atoms in total. The van der Waals surface area contributed by atoms with Gasteiger partial charge in [-0.15, -0.1) is 11.3 Å². The van der Waals surface area contributed by atoms with Crippen molar-refractivity contribution in [3.8, 4) is 22.2 Å². The highest BCUT2D eigenvalue weighted by atomic mass is 32.1. The number of carbonyl (C=O) groups excluding carboxylic acids is 1. The van der Waals surface area contributed by atoms with E-state index in [4.69, 9.17) is 19.2 Å². The highest BCUT2D eigenvalue weighted by Crippen LogP contribution is 2.36. The number of halogens is 2. The fourth-order valence-electron chi connectivity index (χ4n) is 3.99. The summed E-state index contributed by atoms with van der Waals surface area (Å²) < 4.78 is 46.8. The van der Waals surface area contributed by atoms with E-state index < -0.39 is 12.7 Å². The molecule has 5 rings (SSSR count). The fourth-order valence-corrected chi connectivity index (χ4v) is 5.00. The fraction of sp³-hybridized carbons (Fsp3) is 0.360. The molecule has 37 heavy (non-hydrogen) atoms. The Morgan fingerprint density at radius 1 is 1.24 bits per heavy atom. The van der Waals surface area contributed by atoms with E-state index in [9.17, 15) is 13.6 Å². The van der Waals surface area contributed by atoms with Crippen molar-refractivity contribution < 1.29 is 32.5 Å². The number of aromatic nitrogens is 3. The Morgan fingerprint density at radius 2 is 2.14 bits per heavy atom. The number of amides is 1. The largest absolute Gasteiger partial charge is 0.492 e. The van der Waals surface area contributed by atoms with Gasteiger partial charge in [0.15, 0.2) is 0 Å². The van der Waals surface area contributed by atoms with Crippen LogP contribution in [0.5, 0.6) is 11.6 Å². The Hall–Kier alpha value is -3.64. The quantitative estimate of drug-likeness (QED) is 0.298. The summed E-state index contributed by atoms with van der Waals surface area (Å²) in [5.74, 6) is 0.399. The third-order valence-electron chi connectivity index (χ3n) is 5.63. The second-order valence-electron chi connectivity index (χ2n) is 8.42. The lowest BCUT2D eigenvalue weighted by atomic mass is 10.1. The minimum atomic E-state index is -2.97. The van der Waals surface area contributed by atoms with Crippen LogP contribution < -0.4 is 14.8 Å². The zero-order chi connectivity index (χ0) is 25.8. The number of hydrogen-bond acceptors (Lipinski definition) is 9. The first-order chi connectivity index (χ1) is 17.9. The highest BCUT2D eigenvalue weighted by Gasteiger charge is 2.18. The molecule has 1 aliphatic rings. The third-order valence-corrected chi connectivity index (χ3v) is 6.68. The van der Waals surface area contributed by atoms with E-state index in [1.807, 2.05) is 31.2 Å². The van der Waals surface area contributed by atoms with E-state index in [0.717, 1.165) is 34.2 Å². The van der Waals surface area contributed by atoms with Gasteiger partial charge in [-0.2, -0.15) is 8.78 Å². The van der Waals surface area contributed by atoms with Gasteiger partial charge in [-0.1, -0.05) is 0 Å². The maximum Gasteiger partial charge on any atom is 0.407 e. The zero-order valence-corrected chi connectivity index (χ0v) is 20.7.